The van der Waals surface area contributed by atoms with Gasteiger partial charge in [0.15, 0.2) is 0 Å². The van der Waals surface area contributed by atoms with E-state index in [2.05, 4.69) is 9.72 Å². The maximum absolute atomic E-state index is 13.1. The Kier molecular flexibility index (Phi) is 6.26. The third-order valence-corrected chi connectivity index (χ3v) is 4.55. The molecule has 3 rings (SSSR count). The van der Waals surface area contributed by atoms with E-state index in [1.165, 1.54) is 36.0 Å². The maximum atomic E-state index is 13.1. The van der Waals surface area contributed by atoms with Crippen LogP contribution in [0.2, 0.25) is 0 Å². The summed E-state index contributed by atoms with van der Waals surface area (Å²) in [6.45, 7) is 6.59. The summed E-state index contributed by atoms with van der Waals surface area (Å²) in [6, 6.07) is 6.05. The molecule has 1 aromatic carbocycles. The van der Waals surface area contributed by atoms with Crippen LogP contribution in [0.15, 0.2) is 47.5 Å². The summed E-state index contributed by atoms with van der Waals surface area (Å²) in [5, 5.41) is 10.5. The van der Waals surface area contributed by atoms with Crippen LogP contribution in [-0.2, 0) is 11.3 Å². The Morgan fingerprint density at radius 3 is 2.33 bits per heavy atom. The number of aromatic hydroxyl groups is 1. The van der Waals surface area contributed by atoms with Gasteiger partial charge in [-0.05, 0) is 63.6 Å². The van der Waals surface area contributed by atoms with Crippen LogP contribution < -0.4 is 10.4 Å². The van der Waals surface area contributed by atoms with Gasteiger partial charge in [0, 0.05) is 12.4 Å². The highest BCUT2D eigenvalue weighted by atomic mass is 19.4. The molecule has 8 nitrogen and oxygen atoms in total. The predicted molar refractivity (Wildman–Crippen MR) is 112 cm³/mol. The zero-order chi connectivity index (χ0) is 24.6. The second-order valence-corrected chi connectivity index (χ2v) is 8.19. The minimum absolute atomic E-state index is 0.0718. The largest absolute Gasteiger partial charge is 0.573 e. The molecule has 0 fully saturated rings. The molecule has 0 unspecified atom stereocenters. The highest BCUT2D eigenvalue weighted by Gasteiger charge is 2.31. The van der Waals surface area contributed by atoms with Crippen molar-refractivity contribution in [3.63, 3.8) is 0 Å². The SMILES string of the molecule is Cc1c(O)n(-c2ccc(OC(F)(F)F)cc2)c(=O)n1Cc1ccncc1C(=O)OC(C)(C)C. The Labute approximate surface area is 186 Å². The fraction of sp³-hybridized carbons (Fsp3) is 0.318. The van der Waals surface area contributed by atoms with Crippen molar-refractivity contribution in [3.8, 4) is 17.3 Å². The number of imidazole rings is 1. The van der Waals surface area contributed by atoms with Crippen LogP contribution in [0.3, 0.4) is 0 Å². The lowest BCUT2D eigenvalue weighted by Crippen LogP contribution is -2.27. The number of hydrogen-bond acceptors (Lipinski definition) is 6. The molecule has 1 N–H and O–H groups in total. The molecule has 0 saturated heterocycles. The fourth-order valence-corrected chi connectivity index (χ4v) is 3.10. The molecule has 2 heterocycles. The normalized spacial score (nSPS) is 12.0. The van der Waals surface area contributed by atoms with Gasteiger partial charge in [0.25, 0.3) is 0 Å². The average molecular weight is 465 g/mol. The molecule has 3 aromatic rings. The van der Waals surface area contributed by atoms with Crippen LogP contribution in [0.5, 0.6) is 11.6 Å². The number of nitrogens with zero attached hydrogens (tertiary/aromatic N) is 3. The van der Waals surface area contributed by atoms with Gasteiger partial charge in [0.1, 0.15) is 11.4 Å². The van der Waals surface area contributed by atoms with Crippen LogP contribution in [0.1, 0.15) is 42.4 Å². The molecule has 0 saturated carbocycles. The predicted octanol–water partition coefficient (Wildman–Crippen LogP) is 3.95. The summed E-state index contributed by atoms with van der Waals surface area (Å²) in [5.41, 5.74) is -0.448. The minimum Gasteiger partial charge on any atom is -0.493 e. The van der Waals surface area contributed by atoms with Crippen molar-refractivity contribution in [3.05, 3.63) is 70.0 Å². The monoisotopic (exact) mass is 465 g/mol. The number of alkyl halides is 3. The molecule has 33 heavy (non-hydrogen) atoms. The topological polar surface area (TPSA) is 95.6 Å². The molecule has 0 aliphatic carbocycles. The zero-order valence-corrected chi connectivity index (χ0v) is 18.3. The quantitative estimate of drug-likeness (QED) is 0.574. The van der Waals surface area contributed by atoms with E-state index in [9.17, 15) is 27.9 Å². The van der Waals surface area contributed by atoms with E-state index < -0.39 is 35.3 Å². The highest BCUT2D eigenvalue weighted by Crippen LogP contribution is 2.26. The Balaban J connectivity index is 1.97. The number of carbonyl (C=O) groups is 1. The van der Waals surface area contributed by atoms with Gasteiger partial charge in [-0.15, -0.1) is 13.2 Å². The standard InChI is InChI=1S/C22H22F3N3O5/c1-13-18(29)28(15-5-7-16(8-6-15)32-22(23,24)25)20(31)27(13)12-14-9-10-26-11-17(14)19(30)33-21(2,3)4/h5-11,29H,12H2,1-4H3. The number of aromatic nitrogens is 3. The molecule has 176 valence electrons. The Bertz CT molecular complexity index is 1220. The number of esters is 1. The van der Waals surface area contributed by atoms with Crippen molar-refractivity contribution in [1.82, 2.24) is 14.1 Å². The van der Waals surface area contributed by atoms with Gasteiger partial charge in [-0.2, -0.15) is 0 Å². The van der Waals surface area contributed by atoms with E-state index in [0.717, 1.165) is 16.7 Å². The lowest BCUT2D eigenvalue weighted by atomic mass is 10.1. The lowest BCUT2D eigenvalue weighted by Gasteiger charge is -2.20. The summed E-state index contributed by atoms with van der Waals surface area (Å²) in [6.07, 6.45) is -2.06. The number of halogens is 3. The summed E-state index contributed by atoms with van der Waals surface area (Å²) >= 11 is 0. The summed E-state index contributed by atoms with van der Waals surface area (Å²) in [5.74, 6) is -1.47. The Morgan fingerprint density at radius 1 is 1.12 bits per heavy atom. The van der Waals surface area contributed by atoms with Crippen LogP contribution in [0, 0.1) is 6.92 Å². The Morgan fingerprint density at radius 2 is 1.76 bits per heavy atom. The summed E-state index contributed by atoms with van der Waals surface area (Å²) in [7, 11) is 0. The number of benzene rings is 1. The van der Waals surface area contributed by atoms with Crippen molar-refractivity contribution in [2.45, 2.75) is 46.2 Å². The number of carbonyl (C=O) groups excluding carboxylic acids is 1. The summed E-state index contributed by atoms with van der Waals surface area (Å²) in [4.78, 5) is 29.6. The van der Waals surface area contributed by atoms with E-state index in [1.807, 2.05) is 0 Å². The second-order valence-electron chi connectivity index (χ2n) is 8.19. The second kappa shape index (κ2) is 8.64. The molecule has 0 atom stereocenters. The lowest BCUT2D eigenvalue weighted by molar-refractivity contribution is -0.274. The first-order valence-corrected chi connectivity index (χ1v) is 9.80. The van der Waals surface area contributed by atoms with Crippen molar-refractivity contribution in [1.29, 1.82) is 0 Å². The van der Waals surface area contributed by atoms with Crippen molar-refractivity contribution < 1.29 is 32.5 Å². The van der Waals surface area contributed by atoms with Crippen molar-refractivity contribution in [2.24, 2.45) is 0 Å². The molecule has 0 radical (unpaired) electrons. The number of rotatable bonds is 5. The minimum atomic E-state index is -4.85. The van der Waals surface area contributed by atoms with Crippen LogP contribution in [-0.4, -0.2) is 37.2 Å². The zero-order valence-electron chi connectivity index (χ0n) is 18.3. The highest BCUT2D eigenvalue weighted by molar-refractivity contribution is 5.91. The van der Waals surface area contributed by atoms with Crippen LogP contribution in [0.25, 0.3) is 5.69 Å². The number of hydrogen-bond donors (Lipinski definition) is 1. The van der Waals surface area contributed by atoms with Gasteiger partial charge in [-0.1, -0.05) is 0 Å². The van der Waals surface area contributed by atoms with Crippen molar-refractivity contribution >= 4 is 5.97 Å². The van der Waals surface area contributed by atoms with Gasteiger partial charge in [-0.3, -0.25) is 9.55 Å². The average Bonchev–Trinajstić information content (AvgIpc) is 2.90. The molecule has 11 heteroatoms. The van der Waals surface area contributed by atoms with Gasteiger partial charge in [-0.25, -0.2) is 14.2 Å². The van der Waals surface area contributed by atoms with Crippen molar-refractivity contribution in [2.75, 3.05) is 0 Å². The molecule has 0 amide bonds. The molecule has 0 spiro atoms. The van der Waals surface area contributed by atoms with Gasteiger partial charge >= 0.3 is 18.0 Å². The Hall–Kier alpha value is -3.76. The molecule has 0 aliphatic heterocycles. The molecular weight excluding hydrogens is 443 g/mol. The third-order valence-electron chi connectivity index (χ3n) is 4.55. The maximum Gasteiger partial charge on any atom is 0.573 e. The first-order valence-electron chi connectivity index (χ1n) is 9.80. The molecule has 2 aromatic heterocycles. The van der Waals surface area contributed by atoms with Gasteiger partial charge in [0.05, 0.1) is 23.5 Å². The van der Waals surface area contributed by atoms with Crippen LogP contribution >= 0.6 is 0 Å². The molecular formula is C22H22F3N3O5. The summed E-state index contributed by atoms with van der Waals surface area (Å²) < 4.78 is 48.5. The van der Waals surface area contributed by atoms with Gasteiger partial charge < -0.3 is 14.6 Å². The van der Waals surface area contributed by atoms with Gasteiger partial charge in [0.2, 0.25) is 5.88 Å². The third kappa shape index (κ3) is 5.54. The van der Waals surface area contributed by atoms with E-state index in [4.69, 9.17) is 4.74 Å². The molecule has 0 aliphatic rings. The smallest absolute Gasteiger partial charge is 0.493 e. The number of pyridine rings is 1. The van der Waals surface area contributed by atoms with E-state index >= 15 is 0 Å². The van der Waals surface area contributed by atoms with Crippen LogP contribution in [0.4, 0.5) is 13.2 Å². The number of ether oxygens (including phenoxy) is 2. The van der Waals surface area contributed by atoms with E-state index in [1.54, 1.807) is 26.8 Å². The molecule has 0 bridgehead atoms. The fourth-order valence-electron chi connectivity index (χ4n) is 3.10. The first kappa shape index (κ1) is 23.9. The first-order chi connectivity index (χ1) is 15.3. The van der Waals surface area contributed by atoms with E-state index in [0.29, 0.717) is 5.56 Å². The van der Waals surface area contributed by atoms with E-state index in [-0.39, 0.29) is 23.5 Å².